The number of hydrogen-bond donors (Lipinski definition) is 1. The van der Waals surface area contributed by atoms with Crippen molar-refractivity contribution in [2.45, 2.75) is 13.3 Å². The normalized spacial score (nSPS) is 9.71. The molecule has 0 saturated carbocycles. The molecule has 4 heteroatoms. The second-order valence-electron chi connectivity index (χ2n) is 4.42. The number of rotatable bonds is 5. The fourth-order valence-corrected chi connectivity index (χ4v) is 1.91. The number of carbonyl (C=O) groups excluding carboxylic acids is 1. The maximum atomic E-state index is 12.2. The molecule has 0 saturated heterocycles. The number of nitrogens with one attached hydrogen (secondary N) is 1. The van der Waals surface area contributed by atoms with Crippen molar-refractivity contribution in [2.24, 2.45) is 0 Å². The van der Waals surface area contributed by atoms with E-state index < -0.39 is 0 Å². The Morgan fingerprint density at radius 3 is 2.57 bits per heavy atom. The highest BCUT2D eigenvalue weighted by atomic mass is 16.5. The van der Waals surface area contributed by atoms with Crippen LogP contribution in [0.1, 0.15) is 22.8 Å². The molecule has 0 heterocycles. The van der Waals surface area contributed by atoms with E-state index in [9.17, 15) is 4.79 Å². The standard InChI is InChI=1S/C17H16N2O2/c1-2-21-16-6-4-3-5-15(16)19-17(20)14-9-7-13(8-10-14)11-12-18/h3-10H,2,11H2,1H3,(H,19,20). The van der Waals surface area contributed by atoms with Crippen molar-refractivity contribution in [3.63, 3.8) is 0 Å². The largest absolute Gasteiger partial charge is 0.492 e. The molecule has 0 bridgehead atoms. The van der Waals surface area contributed by atoms with Gasteiger partial charge in [-0.25, -0.2) is 0 Å². The first-order valence-corrected chi connectivity index (χ1v) is 6.73. The van der Waals surface area contributed by atoms with Crippen molar-refractivity contribution in [1.82, 2.24) is 0 Å². The maximum Gasteiger partial charge on any atom is 0.255 e. The number of amides is 1. The van der Waals surface area contributed by atoms with E-state index in [2.05, 4.69) is 11.4 Å². The monoisotopic (exact) mass is 280 g/mol. The molecule has 0 aliphatic carbocycles. The quantitative estimate of drug-likeness (QED) is 0.913. The van der Waals surface area contributed by atoms with E-state index in [0.29, 0.717) is 30.0 Å². The summed E-state index contributed by atoms with van der Waals surface area (Å²) in [6, 6.07) is 16.4. The van der Waals surface area contributed by atoms with Gasteiger partial charge in [-0.3, -0.25) is 4.79 Å². The van der Waals surface area contributed by atoms with Crippen molar-refractivity contribution >= 4 is 11.6 Å². The summed E-state index contributed by atoms with van der Waals surface area (Å²) in [5.74, 6) is 0.445. The van der Waals surface area contributed by atoms with E-state index in [4.69, 9.17) is 10.00 Å². The first-order chi connectivity index (χ1) is 10.2. The van der Waals surface area contributed by atoms with Gasteiger partial charge in [-0.2, -0.15) is 5.26 Å². The Balaban J connectivity index is 2.13. The molecule has 4 nitrogen and oxygen atoms in total. The molecule has 0 fully saturated rings. The number of carbonyl (C=O) groups is 1. The summed E-state index contributed by atoms with van der Waals surface area (Å²) in [7, 11) is 0. The topological polar surface area (TPSA) is 62.1 Å². The highest BCUT2D eigenvalue weighted by Crippen LogP contribution is 2.24. The van der Waals surface area contributed by atoms with Crippen LogP contribution in [0.5, 0.6) is 5.75 Å². The van der Waals surface area contributed by atoms with Crippen LogP contribution in [-0.4, -0.2) is 12.5 Å². The van der Waals surface area contributed by atoms with Crippen LogP contribution in [0.15, 0.2) is 48.5 Å². The third-order valence-electron chi connectivity index (χ3n) is 2.93. The fourth-order valence-electron chi connectivity index (χ4n) is 1.91. The summed E-state index contributed by atoms with van der Waals surface area (Å²) in [6.45, 7) is 2.43. The summed E-state index contributed by atoms with van der Waals surface area (Å²) < 4.78 is 5.47. The van der Waals surface area contributed by atoms with Gasteiger partial charge in [-0.1, -0.05) is 24.3 Å². The Labute approximate surface area is 124 Å². The Bertz CT molecular complexity index is 657. The Morgan fingerprint density at radius 1 is 1.19 bits per heavy atom. The molecule has 0 radical (unpaired) electrons. The minimum absolute atomic E-state index is 0.203. The zero-order valence-electron chi connectivity index (χ0n) is 11.8. The van der Waals surface area contributed by atoms with Gasteiger partial charge in [0.05, 0.1) is 24.8 Å². The predicted octanol–water partition coefficient (Wildman–Crippen LogP) is 3.40. The zero-order chi connectivity index (χ0) is 15.1. The molecular weight excluding hydrogens is 264 g/mol. The predicted molar refractivity (Wildman–Crippen MR) is 81.3 cm³/mol. The summed E-state index contributed by atoms with van der Waals surface area (Å²) in [5.41, 5.74) is 2.08. The van der Waals surface area contributed by atoms with E-state index in [0.717, 1.165) is 5.56 Å². The Kier molecular flexibility index (Phi) is 4.94. The van der Waals surface area contributed by atoms with E-state index in [1.807, 2.05) is 25.1 Å². The van der Waals surface area contributed by atoms with Gasteiger partial charge in [-0.15, -0.1) is 0 Å². The summed E-state index contributed by atoms with van der Waals surface area (Å²) in [4.78, 5) is 12.2. The highest BCUT2D eigenvalue weighted by Gasteiger charge is 2.09. The van der Waals surface area contributed by atoms with Gasteiger partial charge in [0.2, 0.25) is 0 Å². The molecule has 2 rings (SSSR count). The van der Waals surface area contributed by atoms with E-state index in [1.165, 1.54) is 0 Å². The van der Waals surface area contributed by atoms with Gasteiger partial charge in [0.25, 0.3) is 5.91 Å². The van der Waals surface area contributed by atoms with Crippen LogP contribution in [0, 0.1) is 11.3 Å². The number of anilines is 1. The fraction of sp³-hybridized carbons (Fsp3) is 0.176. The van der Waals surface area contributed by atoms with Crippen LogP contribution in [0.4, 0.5) is 5.69 Å². The minimum atomic E-state index is -0.203. The van der Waals surface area contributed by atoms with Crippen LogP contribution >= 0.6 is 0 Å². The molecule has 106 valence electrons. The summed E-state index contributed by atoms with van der Waals surface area (Å²) >= 11 is 0. The SMILES string of the molecule is CCOc1ccccc1NC(=O)c1ccc(CC#N)cc1. The van der Waals surface area contributed by atoms with Gasteiger partial charge >= 0.3 is 0 Å². The van der Waals surface area contributed by atoms with Crippen molar-refractivity contribution < 1.29 is 9.53 Å². The zero-order valence-corrected chi connectivity index (χ0v) is 11.8. The van der Waals surface area contributed by atoms with Crippen LogP contribution < -0.4 is 10.1 Å². The van der Waals surface area contributed by atoms with Crippen LogP contribution in [0.25, 0.3) is 0 Å². The van der Waals surface area contributed by atoms with E-state index in [-0.39, 0.29) is 5.91 Å². The molecule has 0 spiro atoms. The third kappa shape index (κ3) is 3.83. The van der Waals surface area contributed by atoms with Gasteiger partial charge < -0.3 is 10.1 Å². The number of nitrogens with zero attached hydrogens (tertiary/aromatic N) is 1. The van der Waals surface area contributed by atoms with Crippen molar-refractivity contribution in [3.8, 4) is 11.8 Å². The second kappa shape index (κ2) is 7.11. The first-order valence-electron chi connectivity index (χ1n) is 6.73. The lowest BCUT2D eigenvalue weighted by atomic mass is 10.1. The number of para-hydroxylation sites is 2. The molecule has 1 amide bonds. The van der Waals surface area contributed by atoms with Crippen LogP contribution in [0.2, 0.25) is 0 Å². The Morgan fingerprint density at radius 2 is 1.90 bits per heavy atom. The molecule has 0 aromatic heterocycles. The highest BCUT2D eigenvalue weighted by molar-refractivity contribution is 6.05. The minimum Gasteiger partial charge on any atom is -0.492 e. The van der Waals surface area contributed by atoms with Gasteiger partial charge in [0, 0.05) is 5.56 Å². The second-order valence-corrected chi connectivity index (χ2v) is 4.42. The molecule has 0 atom stereocenters. The van der Waals surface area contributed by atoms with Crippen molar-refractivity contribution in [3.05, 3.63) is 59.7 Å². The van der Waals surface area contributed by atoms with E-state index in [1.54, 1.807) is 30.3 Å². The van der Waals surface area contributed by atoms with Gasteiger partial charge in [0.1, 0.15) is 5.75 Å². The number of benzene rings is 2. The molecule has 2 aromatic rings. The molecule has 21 heavy (non-hydrogen) atoms. The van der Waals surface area contributed by atoms with Crippen LogP contribution in [-0.2, 0) is 6.42 Å². The molecule has 0 aliphatic rings. The van der Waals surface area contributed by atoms with Crippen molar-refractivity contribution in [1.29, 1.82) is 5.26 Å². The lowest BCUT2D eigenvalue weighted by molar-refractivity contribution is 0.102. The van der Waals surface area contributed by atoms with Gasteiger partial charge in [-0.05, 0) is 36.8 Å². The van der Waals surface area contributed by atoms with Crippen molar-refractivity contribution in [2.75, 3.05) is 11.9 Å². The third-order valence-corrected chi connectivity index (χ3v) is 2.93. The molecule has 0 aliphatic heterocycles. The maximum absolute atomic E-state index is 12.2. The number of ether oxygens (including phenoxy) is 1. The first kappa shape index (κ1) is 14.6. The molecule has 1 N–H and O–H groups in total. The van der Waals surface area contributed by atoms with Gasteiger partial charge in [0.15, 0.2) is 0 Å². The number of nitriles is 1. The Hall–Kier alpha value is -2.80. The summed E-state index contributed by atoms with van der Waals surface area (Å²) in [5, 5.41) is 11.5. The molecule has 0 unspecified atom stereocenters. The smallest absolute Gasteiger partial charge is 0.255 e. The van der Waals surface area contributed by atoms with E-state index >= 15 is 0 Å². The lowest BCUT2D eigenvalue weighted by Gasteiger charge is -2.11. The molecular formula is C17H16N2O2. The average molecular weight is 280 g/mol. The lowest BCUT2D eigenvalue weighted by Crippen LogP contribution is -2.12. The molecule has 2 aromatic carbocycles. The summed E-state index contributed by atoms with van der Waals surface area (Å²) in [6.07, 6.45) is 0.342. The van der Waals surface area contributed by atoms with Crippen LogP contribution in [0.3, 0.4) is 0 Å². The number of hydrogen-bond acceptors (Lipinski definition) is 3. The average Bonchev–Trinajstić information content (AvgIpc) is 2.50.